The fraction of sp³-hybridized carbons (Fsp3) is 0.0690. The van der Waals surface area contributed by atoms with Gasteiger partial charge >= 0.3 is 5.97 Å². The van der Waals surface area contributed by atoms with E-state index in [1.807, 2.05) is 36.4 Å². The Morgan fingerprint density at radius 2 is 1.82 bits per heavy atom. The van der Waals surface area contributed by atoms with Crippen LogP contribution in [0.2, 0.25) is 0 Å². The van der Waals surface area contributed by atoms with Gasteiger partial charge in [0, 0.05) is 16.6 Å². The van der Waals surface area contributed by atoms with E-state index in [1.54, 1.807) is 31.2 Å². The van der Waals surface area contributed by atoms with Gasteiger partial charge in [0.2, 0.25) is 0 Å². The summed E-state index contributed by atoms with van der Waals surface area (Å²) in [6.45, 7) is 2.06. The van der Waals surface area contributed by atoms with Crippen molar-refractivity contribution in [3.63, 3.8) is 0 Å². The maximum absolute atomic E-state index is 13.0. The Morgan fingerprint density at radius 3 is 2.54 bits per heavy atom. The highest BCUT2D eigenvalue weighted by molar-refractivity contribution is 9.10. The van der Waals surface area contributed by atoms with Gasteiger partial charge in [-0.15, -0.1) is 0 Å². The third-order valence-corrected chi connectivity index (χ3v) is 6.22. The zero-order valence-corrected chi connectivity index (χ0v) is 22.1. The maximum atomic E-state index is 13.0. The van der Waals surface area contributed by atoms with Gasteiger partial charge < -0.3 is 14.8 Å². The molecule has 0 unspecified atom stereocenters. The molecule has 1 amide bonds. The lowest BCUT2D eigenvalue weighted by molar-refractivity contribution is -0.384. The molecule has 0 bridgehead atoms. The summed E-state index contributed by atoms with van der Waals surface area (Å²) in [5.41, 5.74) is 0.750. The summed E-state index contributed by atoms with van der Waals surface area (Å²) in [7, 11) is 0. The zero-order valence-electron chi connectivity index (χ0n) is 20.5. The molecule has 194 valence electrons. The average molecular weight is 586 g/mol. The van der Waals surface area contributed by atoms with E-state index in [-0.39, 0.29) is 35.1 Å². The number of nitro benzene ring substituents is 1. The number of benzene rings is 4. The van der Waals surface area contributed by atoms with Crippen molar-refractivity contribution in [3.05, 3.63) is 110 Å². The van der Waals surface area contributed by atoms with Crippen molar-refractivity contribution in [2.45, 2.75) is 6.92 Å². The van der Waals surface area contributed by atoms with Crippen molar-refractivity contribution < 1.29 is 24.0 Å². The van der Waals surface area contributed by atoms with Crippen molar-refractivity contribution in [1.82, 2.24) is 0 Å². The lowest BCUT2D eigenvalue weighted by Crippen LogP contribution is -2.14. The van der Waals surface area contributed by atoms with Crippen molar-refractivity contribution in [2.24, 2.45) is 0 Å². The molecular weight excluding hydrogens is 566 g/mol. The van der Waals surface area contributed by atoms with Crippen LogP contribution in [0.1, 0.15) is 22.8 Å². The van der Waals surface area contributed by atoms with Crippen LogP contribution in [0.5, 0.6) is 11.5 Å². The molecule has 0 radical (unpaired) electrons. The fourth-order valence-electron chi connectivity index (χ4n) is 3.75. The molecule has 0 heterocycles. The van der Waals surface area contributed by atoms with Gasteiger partial charge in [-0.05, 0) is 69.5 Å². The molecule has 39 heavy (non-hydrogen) atoms. The Bertz CT molecular complexity index is 1670. The number of rotatable bonds is 8. The molecule has 0 aromatic heterocycles. The number of esters is 1. The molecule has 0 aliphatic heterocycles. The highest BCUT2D eigenvalue weighted by Gasteiger charge is 2.17. The molecule has 0 aliphatic carbocycles. The quantitative estimate of drug-likeness (QED) is 0.0609. The van der Waals surface area contributed by atoms with Crippen molar-refractivity contribution in [2.75, 3.05) is 11.9 Å². The molecule has 0 spiro atoms. The van der Waals surface area contributed by atoms with Crippen LogP contribution in [0.25, 0.3) is 16.8 Å². The number of anilines is 1. The van der Waals surface area contributed by atoms with Crippen LogP contribution in [0.4, 0.5) is 11.4 Å². The Balaban J connectivity index is 1.57. The Morgan fingerprint density at radius 1 is 1.05 bits per heavy atom. The van der Waals surface area contributed by atoms with Gasteiger partial charge in [0.25, 0.3) is 11.6 Å². The van der Waals surface area contributed by atoms with Crippen LogP contribution in [0, 0.1) is 21.4 Å². The Kier molecular flexibility index (Phi) is 8.33. The van der Waals surface area contributed by atoms with Gasteiger partial charge in [0.1, 0.15) is 11.6 Å². The van der Waals surface area contributed by atoms with E-state index in [0.29, 0.717) is 15.6 Å². The second kappa shape index (κ2) is 12.0. The maximum Gasteiger partial charge on any atom is 0.344 e. The number of nitro groups is 1. The minimum atomic E-state index is -0.712. The second-order valence-electron chi connectivity index (χ2n) is 8.10. The van der Waals surface area contributed by atoms with Crippen molar-refractivity contribution in [3.8, 4) is 17.6 Å². The van der Waals surface area contributed by atoms with E-state index in [9.17, 15) is 25.0 Å². The number of nitriles is 1. The predicted octanol–water partition coefficient (Wildman–Crippen LogP) is 6.67. The normalized spacial score (nSPS) is 10.9. The number of carbonyl (C=O) groups excluding carboxylic acids is 2. The van der Waals surface area contributed by atoms with E-state index >= 15 is 0 Å². The predicted molar refractivity (Wildman–Crippen MR) is 150 cm³/mol. The highest BCUT2D eigenvalue weighted by atomic mass is 79.9. The number of amides is 1. The van der Waals surface area contributed by atoms with Gasteiger partial charge in [-0.3, -0.25) is 14.9 Å². The summed E-state index contributed by atoms with van der Waals surface area (Å²) < 4.78 is 11.6. The Labute approximate surface area is 231 Å². The first kappa shape index (κ1) is 27.0. The van der Waals surface area contributed by atoms with E-state index in [4.69, 9.17) is 9.47 Å². The number of nitrogens with zero attached hydrogens (tertiary/aromatic N) is 2. The summed E-state index contributed by atoms with van der Waals surface area (Å²) >= 11 is 3.19. The molecule has 4 aromatic rings. The molecular formula is C29H20BrN3O6. The van der Waals surface area contributed by atoms with E-state index in [1.165, 1.54) is 30.3 Å². The SMILES string of the molecule is CCOc1cc(C=C(C#N)C(=O)Nc2ccc([N+](=O)[O-])cc2Br)ccc1OC(=O)c1cccc2ccccc12. The second-order valence-corrected chi connectivity index (χ2v) is 8.95. The first-order chi connectivity index (χ1) is 18.8. The summed E-state index contributed by atoms with van der Waals surface area (Å²) in [4.78, 5) is 36.1. The number of non-ortho nitro benzene ring substituents is 1. The topological polar surface area (TPSA) is 132 Å². The number of ether oxygens (including phenoxy) is 2. The molecule has 0 saturated heterocycles. The molecule has 0 saturated carbocycles. The third-order valence-electron chi connectivity index (χ3n) is 5.57. The van der Waals surface area contributed by atoms with Crippen LogP contribution in [-0.2, 0) is 4.79 Å². The van der Waals surface area contributed by atoms with Crippen molar-refractivity contribution in [1.29, 1.82) is 5.26 Å². The average Bonchev–Trinajstić information content (AvgIpc) is 2.93. The molecule has 0 aliphatic rings. The smallest absolute Gasteiger partial charge is 0.344 e. The van der Waals surface area contributed by atoms with Crippen LogP contribution in [0.3, 0.4) is 0 Å². The molecule has 9 nitrogen and oxygen atoms in total. The Hall–Kier alpha value is -5.01. The molecule has 0 fully saturated rings. The monoisotopic (exact) mass is 585 g/mol. The van der Waals surface area contributed by atoms with Crippen molar-refractivity contribution >= 4 is 56.0 Å². The standard InChI is InChI=1S/C29H20BrN3O6/c1-2-38-27-15-18(14-20(17-31)28(34)32-25-12-11-21(33(36)37)16-24(25)30)10-13-26(27)39-29(35)23-9-5-7-19-6-3-4-8-22(19)23/h3-16H,2H2,1H3,(H,32,34). The summed E-state index contributed by atoms with van der Waals surface area (Å²) in [5.74, 6) is -0.821. The summed E-state index contributed by atoms with van der Waals surface area (Å²) in [6, 6.07) is 23.2. The lowest BCUT2D eigenvalue weighted by Gasteiger charge is -2.12. The van der Waals surface area contributed by atoms with Crippen LogP contribution >= 0.6 is 15.9 Å². The van der Waals surface area contributed by atoms with E-state index in [0.717, 1.165) is 10.8 Å². The van der Waals surface area contributed by atoms with Crippen LogP contribution in [0.15, 0.2) is 88.9 Å². The summed E-state index contributed by atoms with van der Waals surface area (Å²) in [5, 5.41) is 24.8. The fourth-order valence-corrected chi connectivity index (χ4v) is 4.22. The molecule has 4 aromatic carbocycles. The molecule has 10 heteroatoms. The van der Waals surface area contributed by atoms with E-state index in [2.05, 4.69) is 21.2 Å². The van der Waals surface area contributed by atoms with Crippen LogP contribution in [-0.4, -0.2) is 23.4 Å². The largest absolute Gasteiger partial charge is 0.490 e. The molecule has 0 atom stereocenters. The minimum Gasteiger partial charge on any atom is -0.490 e. The van der Waals surface area contributed by atoms with Gasteiger partial charge in [-0.1, -0.05) is 42.5 Å². The first-order valence-electron chi connectivity index (χ1n) is 11.6. The molecule has 4 rings (SSSR count). The number of nitrogens with one attached hydrogen (secondary N) is 1. The first-order valence-corrected chi connectivity index (χ1v) is 12.4. The summed E-state index contributed by atoms with van der Waals surface area (Å²) in [6.07, 6.45) is 1.35. The van der Waals surface area contributed by atoms with E-state index < -0.39 is 16.8 Å². The zero-order chi connectivity index (χ0) is 27.9. The van der Waals surface area contributed by atoms with Gasteiger partial charge in [-0.25, -0.2) is 4.79 Å². The molecule has 1 N–H and O–H groups in total. The van der Waals surface area contributed by atoms with Gasteiger partial charge in [0.15, 0.2) is 11.5 Å². The number of halogens is 1. The third kappa shape index (κ3) is 6.29. The number of hydrogen-bond donors (Lipinski definition) is 1. The number of hydrogen-bond acceptors (Lipinski definition) is 7. The van der Waals surface area contributed by atoms with Gasteiger partial charge in [0.05, 0.1) is 22.8 Å². The van der Waals surface area contributed by atoms with Gasteiger partial charge in [-0.2, -0.15) is 5.26 Å². The highest BCUT2D eigenvalue weighted by Crippen LogP contribution is 2.32. The number of fused-ring (bicyclic) bond motifs is 1. The minimum absolute atomic E-state index is 0.152. The van der Waals surface area contributed by atoms with Crippen LogP contribution < -0.4 is 14.8 Å². The lowest BCUT2D eigenvalue weighted by atomic mass is 10.0. The number of carbonyl (C=O) groups is 2.